The summed E-state index contributed by atoms with van der Waals surface area (Å²) in [7, 11) is 0. The van der Waals surface area contributed by atoms with Crippen LogP contribution >= 0.6 is 0 Å². The van der Waals surface area contributed by atoms with Crippen molar-refractivity contribution in [1.29, 1.82) is 0 Å². The fraction of sp³-hybridized carbons (Fsp3) is 0.294. The Morgan fingerprint density at radius 2 is 1.52 bits per heavy atom. The number of alkyl halides is 6. The van der Waals surface area contributed by atoms with Crippen LogP contribution in [-0.2, 0) is 12.4 Å². The molecule has 0 radical (unpaired) electrons. The van der Waals surface area contributed by atoms with Gasteiger partial charge in [0.05, 0.1) is 17.3 Å². The molecule has 1 saturated carbocycles. The summed E-state index contributed by atoms with van der Waals surface area (Å²) in [5, 5.41) is 5.55. The summed E-state index contributed by atoms with van der Waals surface area (Å²) in [4.78, 5) is 16.2. The van der Waals surface area contributed by atoms with Crippen molar-refractivity contribution < 1.29 is 26.3 Å². The van der Waals surface area contributed by atoms with Gasteiger partial charge in [-0.05, 0) is 31.0 Å². The van der Waals surface area contributed by atoms with Gasteiger partial charge in [0.15, 0.2) is 5.82 Å². The van der Waals surface area contributed by atoms with Crippen molar-refractivity contribution >= 4 is 28.5 Å². The van der Waals surface area contributed by atoms with E-state index in [4.69, 9.17) is 0 Å². The van der Waals surface area contributed by atoms with Gasteiger partial charge in [-0.15, -0.1) is 0 Å². The molecule has 4 rings (SSSR count). The zero-order valence-corrected chi connectivity index (χ0v) is 14.4. The van der Waals surface area contributed by atoms with Crippen LogP contribution in [0.1, 0.15) is 24.0 Å². The van der Waals surface area contributed by atoms with Gasteiger partial charge in [0.25, 0.3) is 0 Å². The zero-order valence-electron chi connectivity index (χ0n) is 14.4. The molecule has 12 heteroatoms. The molecule has 0 saturated heterocycles. The van der Waals surface area contributed by atoms with Crippen LogP contribution in [0.3, 0.4) is 0 Å². The molecule has 0 bridgehead atoms. The van der Waals surface area contributed by atoms with E-state index >= 15 is 0 Å². The number of hydrogen-bond donors (Lipinski definition) is 2. The summed E-state index contributed by atoms with van der Waals surface area (Å²) in [6.45, 7) is 0. The van der Waals surface area contributed by atoms with E-state index in [-0.39, 0.29) is 34.9 Å². The Kier molecular flexibility index (Phi) is 4.43. The molecule has 6 nitrogen and oxygen atoms in total. The predicted molar refractivity (Wildman–Crippen MR) is 91.5 cm³/mol. The zero-order chi connectivity index (χ0) is 20.8. The number of halogens is 6. The lowest BCUT2D eigenvalue weighted by molar-refractivity contribution is -0.143. The summed E-state index contributed by atoms with van der Waals surface area (Å²) in [5.74, 6) is 0.238. The van der Waals surface area contributed by atoms with Crippen molar-refractivity contribution in [2.75, 3.05) is 10.6 Å². The SMILES string of the molecule is FC(F)(F)c1cc(Nc2ncnc3cnc(NC4CC4)nc23)cc(C(F)(F)F)c1. The molecule has 1 aliphatic carbocycles. The van der Waals surface area contributed by atoms with Crippen molar-refractivity contribution in [2.24, 2.45) is 0 Å². The maximum atomic E-state index is 13.1. The Balaban J connectivity index is 1.75. The van der Waals surface area contributed by atoms with Crippen molar-refractivity contribution in [2.45, 2.75) is 31.2 Å². The Labute approximate surface area is 159 Å². The second-order valence-corrected chi connectivity index (χ2v) is 6.49. The van der Waals surface area contributed by atoms with Crippen molar-refractivity contribution in [3.63, 3.8) is 0 Å². The molecule has 1 fully saturated rings. The Morgan fingerprint density at radius 1 is 0.862 bits per heavy atom. The van der Waals surface area contributed by atoms with E-state index in [0.29, 0.717) is 12.1 Å². The Bertz CT molecular complexity index is 1030. The van der Waals surface area contributed by atoms with Crippen LogP contribution in [0.5, 0.6) is 0 Å². The number of fused-ring (bicyclic) bond motifs is 1. The number of anilines is 3. The standard InChI is InChI=1S/C17H12F6N6/c18-16(19,20)8-3-9(17(21,22)23)5-11(4-8)27-14-13-12(25-7-26-14)6-24-15(29-13)28-10-1-2-10/h3-7,10H,1-2H2,(H,24,28,29)(H,25,26,27). The normalized spacial score (nSPS) is 14.8. The number of nitrogens with one attached hydrogen (secondary N) is 2. The van der Waals surface area contributed by atoms with E-state index in [1.807, 2.05) is 0 Å². The molecule has 29 heavy (non-hydrogen) atoms. The minimum atomic E-state index is -4.95. The molecule has 1 aromatic carbocycles. The first-order valence-corrected chi connectivity index (χ1v) is 8.40. The van der Waals surface area contributed by atoms with E-state index < -0.39 is 29.2 Å². The van der Waals surface area contributed by atoms with Crippen molar-refractivity contribution in [3.8, 4) is 0 Å². The van der Waals surface area contributed by atoms with Gasteiger partial charge in [0, 0.05) is 11.7 Å². The lowest BCUT2D eigenvalue weighted by atomic mass is 10.1. The number of hydrogen-bond acceptors (Lipinski definition) is 6. The number of benzene rings is 1. The molecular formula is C17H12F6N6. The monoisotopic (exact) mass is 414 g/mol. The average Bonchev–Trinajstić information content (AvgIpc) is 3.44. The minimum absolute atomic E-state index is 0.0382. The van der Waals surface area contributed by atoms with Crippen LogP contribution in [0.15, 0.2) is 30.7 Å². The molecule has 0 spiro atoms. The number of nitrogens with zero attached hydrogens (tertiary/aromatic N) is 4. The number of aromatic nitrogens is 4. The highest BCUT2D eigenvalue weighted by atomic mass is 19.4. The molecule has 0 atom stereocenters. The van der Waals surface area contributed by atoms with E-state index in [9.17, 15) is 26.3 Å². The van der Waals surface area contributed by atoms with Gasteiger partial charge in [-0.2, -0.15) is 26.3 Å². The van der Waals surface area contributed by atoms with Crippen LogP contribution in [0.25, 0.3) is 11.0 Å². The highest BCUT2D eigenvalue weighted by Gasteiger charge is 2.37. The summed E-state index contributed by atoms with van der Waals surface area (Å²) in [5.41, 5.74) is -2.84. The van der Waals surface area contributed by atoms with Crippen molar-refractivity contribution in [1.82, 2.24) is 19.9 Å². The maximum absolute atomic E-state index is 13.1. The average molecular weight is 414 g/mol. The summed E-state index contributed by atoms with van der Waals surface area (Å²) in [6, 6.07) is 1.45. The van der Waals surface area contributed by atoms with Gasteiger partial charge in [-0.1, -0.05) is 0 Å². The fourth-order valence-electron chi connectivity index (χ4n) is 2.59. The van der Waals surface area contributed by atoms with Gasteiger partial charge in [0.2, 0.25) is 5.95 Å². The second kappa shape index (κ2) is 6.71. The minimum Gasteiger partial charge on any atom is -0.351 e. The van der Waals surface area contributed by atoms with E-state index in [2.05, 4.69) is 30.6 Å². The van der Waals surface area contributed by atoms with Gasteiger partial charge in [0.1, 0.15) is 17.4 Å². The second-order valence-electron chi connectivity index (χ2n) is 6.49. The molecule has 1 aliphatic rings. The molecular weight excluding hydrogens is 402 g/mol. The number of rotatable bonds is 4. The largest absolute Gasteiger partial charge is 0.416 e. The predicted octanol–water partition coefficient (Wildman–Crippen LogP) is 4.78. The lowest BCUT2D eigenvalue weighted by Gasteiger charge is -2.15. The lowest BCUT2D eigenvalue weighted by Crippen LogP contribution is -2.12. The maximum Gasteiger partial charge on any atom is 0.416 e. The van der Waals surface area contributed by atoms with Gasteiger partial charge in [-0.3, -0.25) is 0 Å². The van der Waals surface area contributed by atoms with Gasteiger partial charge < -0.3 is 10.6 Å². The topological polar surface area (TPSA) is 75.6 Å². The van der Waals surface area contributed by atoms with Crippen LogP contribution in [-0.4, -0.2) is 26.0 Å². The third-order valence-electron chi connectivity index (χ3n) is 4.14. The highest BCUT2D eigenvalue weighted by Crippen LogP contribution is 2.38. The molecule has 0 aliphatic heterocycles. The molecule has 2 N–H and O–H groups in total. The quantitative estimate of drug-likeness (QED) is 0.599. The van der Waals surface area contributed by atoms with E-state index in [1.54, 1.807) is 0 Å². The van der Waals surface area contributed by atoms with Crippen LogP contribution in [0.4, 0.5) is 43.8 Å². The summed E-state index contributed by atoms with van der Waals surface area (Å²) in [6.07, 6.45) is -5.47. The first-order chi connectivity index (χ1) is 13.6. The molecule has 152 valence electrons. The van der Waals surface area contributed by atoms with Crippen molar-refractivity contribution in [3.05, 3.63) is 41.9 Å². The smallest absolute Gasteiger partial charge is 0.351 e. The summed E-state index contributed by atoms with van der Waals surface area (Å²) >= 11 is 0. The first kappa shape index (κ1) is 19.2. The third-order valence-corrected chi connectivity index (χ3v) is 4.14. The van der Waals surface area contributed by atoms with Gasteiger partial charge in [-0.25, -0.2) is 19.9 Å². The molecule has 2 aromatic heterocycles. The Hall–Kier alpha value is -3.18. The molecule has 3 aromatic rings. The van der Waals surface area contributed by atoms with Crippen LogP contribution in [0, 0.1) is 0 Å². The molecule has 2 heterocycles. The van der Waals surface area contributed by atoms with Crippen LogP contribution < -0.4 is 10.6 Å². The van der Waals surface area contributed by atoms with Crippen LogP contribution in [0.2, 0.25) is 0 Å². The molecule has 0 amide bonds. The van der Waals surface area contributed by atoms with E-state index in [1.165, 1.54) is 6.20 Å². The van der Waals surface area contributed by atoms with E-state index in [0.717, 1.165) is 19.2 Å². The summed E-state index contributed by atoms with van der Waals surface area (Å²) < 4.78 is 78.4. The third kappa shape index (κ3) is 4.30. The van der Waals surface area contributed by atoms with Gasteiger partial charge >= 0.3 is 12.4 Å². The molecule has 0 unspecified atom stereocenters. The Morgan fingerprint density at radius 3 is 2.10 bits per heavy atom. The highest BCUT2D eigenvalue weighted by molar-refractivity contribution is 5.87. The fourth-order valence-corrected chi connectivity index (χ4v) is 2.59. The first-order valence-electron chi connectivity index (χ1n) is 8.40.